The number of piperidine rings is 1. The number of primary amides is 1. The van der Waals surface area contributed by atoms with E-state index in [0.717, 1.165) is 43.5 Å². The third-order valence-electron chi connectivity index (χ3n) is 4.00. The molecule has 2 aromatic heterocycles. The number of nitrogens with zero attached hydrogens (tertiary/aromatic N) is 2. The SMILES string of the molecule is CCN[C@@H]1CCCN(c2c(Br)c(C(N)=O)nc3[nH]c[c]c23)C1. The molecule has 0 bridgehead atoms. The number of H-pyrrole nitrogens is 1. The van der Waals surface area contributed by atoms with Crippen LogP contribution in [-0.2, 0) is 0 Å². The Labute approximate surface area is 137 Å². The van der Waals surface area contributed by atoms with Crippen LogP contribution in [0.25, 0.3) is 11.0 Å². The minimum absolute atomic E-state index is 0.254. The van der Waals surface area contributed by atoms with E-state index < -0.39 is 5.91 Å². The van der Waals surface area contributed by atoms with Crippen molar-refractivity contribution in [1.29, 1.82) is 0 Å². The van der Waals surface area contributed by atoms with Crippen LogP contribution in [0.4, 0.5) is 5.69 Å². The smallest absolute Gasteiger partial charge is 0.268 e. The van der Waals surface area contributed by atoms with Crippen LogP contribution in [0.5, 0.6) is 0 Å². The number of aromatic nitrogens is 2. The van der Waals surface area contributed by atoms with Gasteiger partial charge in [0, 0.05) is 31.4 Å². The van der Waals surface area contributed by atoms with Crippen molar-refractivity contribution >= 4 is 38.6 Å². The molecule has 0 unspecified atom stereocenters. The van der Waals surface area contributed by atoms with Gasteiger partial charge >= 0.3 is 0 Å². The number of pyridine rings is 1. The van der Waals surface area contributed by atoms with Crippen LogP contribution in [0, 0.1) is 6.07 Å². The van der Waals surface area contributed by atoms with E-state index >= 15 is 0 Å². The van der Waals surface area contributed by atoms with Gasteiger partial charge < -0.3 is 20.9 Å². The molecule has 1 aliphatic heterocycles. The van der Waals surface area contributed by atoms with Gasteiger partial charge in [-0.15, -0.1) is 0 Å². The molecule has 1 aliphatic rings. The monoisotopic (exact) mass is 364 g/mol. The second kappa shape index (κ2) is 6.26. The van der Waals surface area contributed by atoms with E-state index in [9.17, 15) is 4.79 Å². The number of carbonyl (C=O) groups excluding carboxylic acids is 1. The molecule has 0 saturated carbocycles. The summed E-state index contributed by atoms with van der Waals surface area (Å²) in [5, 5.41) is 4.38. The van der Waals surface area contributed by atoms with Crippen molar-refractivity contribution in [2.24, 2.45) is 5.73 Å². The minimum Gasteiger partial charge on any atom is -0.368 e. The number of anilines is 1. The number of hydrogen-bond donors (Lipinski definition) is 3. The fourth-order valence-corrected chi connectivity index (χ4v) is 3.80. The van der Waals surface area contributed by atoms with Gasteiger partial charge in [-0.3, -0.25) is 4.79 Å². The lowest BCUT2D eigenvalue weighted by Gasteiger charge is -2.35. The molecular weight excluding hydrogens is 346 g/mol. The molecule has 1 atom stereocenters. The van der Waals surface area contributed by atoms with Crippen LogP contribution in [0.1, 0.15) is 30.3 Å². The number of rotatable bonds is 4. The van der Waals surface area contributed by atoms with Crippen LogP contribution in [0.3, 0.4) is 0 Å². The van der Waals surface area contributed by atoms with Crippen LogP contribution in [0.2, 0.25) is 0 Å². The van der Waals surface area contributed by atoms with Crippen LogP contribution < -0.4 is 16.0 Å². The van der Waals surface area contributed by atoms with Gasteiger partial charge in [-0.25, -0.2) is 4.98 Å². The molecule has 117 valence electrons. The van der Waals surface area contributed by atoms with Gasteiger partial charge in [-0.1, -0.05) is 6.92 Å². The Morgan fingerprint density at radius 3 is 3.23 bits per heavy atom. The molecule has 1 saturated heterocycles. The maximum absolute atomic E-state index is 11.7. The molecule has 4 N–H and O–H groups in total. The van der Waals surface area contributed by atoms with Crippen LogP contribution >= 0.6 is 15.9 Å². The number of amides is 1. The van der Waals surface area contributed by atoms with Crippen LogP contribution in [0.15, 0.2) is 10.7 Å². The molecule has 6 nitrogen and oxygen atoms in total. The average molecular weight is 365 g/mol. The molecule has 2 aromatic rings. The number of nitrogens with two attached hydrogens (primary N) is 1. The first-order valence-electron chi connectivity index (χ1n) is 7.48. The summed E-state index contributed by atoms with van der Waals surface area (Å²) in [6.07, 6.45) is 3.98. The quantitative estimate of drug-likeness (QED) is 0.771. The molecule has 22 heavy (non-hydrogen) atoms. The van der Waals surface area contributed by atoms with Gasteiger partial charge in [0.05, 0.1) is 15.5 Å². The summed E-state index contributed by atoms with van der Waals surface area (Å²) in [5.74, 6) is -0.537. The number of carbonyl (C=O) groups is 1. The predicted octanol–water partition coefficient (Wildman–Crippen LogP) is 1.80. The van der Waals surface area contributed by atoms with Crippen molar-refractivity contribution in [2.45, 2.75) is 25.8 Å². The summed E-state index contributed by atoms with van der Waals surface area (Å²) in [5.41, 5.74) is 7.30. The molecule has 3 heterocycles. The van der Waals surface area contributed by atoms with Crippen LogP contribution in [-0.4, -0.2) is 41.6 Å². The highest BCUT2D eigenvalue weighted by Crippen LogP contribution is 2.36. The molecule has 0 spiro atoms. The van der Waals surface area contributed by atoms with Crippen molar-refractivity contribution in [2.75, 3.05) is 24.5 Å². The Kier molecular flexibility index (Phi) is 4.35. The standard InChI is InChI=1S/C15H19BrN5O/c1-2-18-9-4-3-7-21(8-9)13-10-5-6-19-15(10)20-12(11(13)16)14(17)22/h6,9,18H,2-4,7-8H2,1H3,(H2,17,22)(H,19,20)/t9-/m1/s1. The van der Waals surface area contributed by atoms with E-state index in [1.165, 1.54) is 0 Å². The zero-order chi connectivity index (χ0) is 15.7. The molecule has 0 aromatic carbocycles. The van der Waals surface area contributed by atoms with Crippen molar-refractivity contribution in [3.05, 3.63) is 22.4 Å². The molecule has 0 aliphatic carbocycles. The Morgan fingerprint density at radius 2 is 2.50 bits per heavy atom. The lowest BCUT2D eigenvalue weighted by molar-refractivity contribution is 0.0995. The Bertz CT molecular complexity index is 697. The van der Waals surface area contributed by atoms with Crippen molar-refractivity contribution in [3.63, 3.8) is 0 Å². The normalized spacial score (nSPS) is 18.8. The maximum Gasteiger partial charge on any atom is 0.268 e. The van der Waals surface area contributed by atoms with E-state index in [-0.39, 0.29) is 5.69 Å². The van der Waals surface area contributed by atoms with Crippen molar-refractivity contribution in [1.82, 2.24) is 15.3 Å². The maximum atomic E-state index is 11.7. The van der Waals surface area contributed by atoms with Crippen molar-refractivity contribution in [3.8, 4) is 0 Å². The van der Waals surface area contributed by atoms with Gasteiger partial charge in [-0.2, -0.15) is 0 Å². The molecular formula is C15H19BrN5O. The van der Waals surface area contributed by atoms with E-state index in [1.807, 2.05) is 0 Å². The number of aromatic amines is 1. The summed E-state index contributed by atoms with van der Waals surface area (Å²) in [6.45, 7) is 4.90. The fourth-order valence-electron chi connectivity index (χ4n) is 3.06. The second-order valence-corrected chi connectivity index (χ2v) is 6.28. The highest BCUT2D eigenvalue weighted by atomic mass is 79.9. The van der Waals surface area contributed by atoms with E-state index in [1.54, 1.807) is 6.20 Å². The number of hydrogen-bond acceptors (Lipinski definition) is 4. The molecule has 1 fully saturated rings. The average Bonchev–Trinajstić information content (AvgIpc) is 2.95. The Morgan fingerprint density at radius 1 is 1.68 bits per heavy atom. The zero-order valence-electron chi connectivity index (χ0n) is 12.4. The highest BCUT2D eigenvalue weighted by molar-refractivity contribution is 9.10. The predicted molar refractivity (Wildman–Crippen MR) is 90.1 cm³/mol. The summed E-state index contributed by atoms with van der Waals surface area (Å²) >= 11 is 3.52. The molecule has 7 heteroatoms. The first kappa shape index (κ1) is 15.3. The second-order valence-electron chi connectivity index (χ2n) is 5.49. The fraction of sp³-hybridized carbons (Fsp3) is 0.467. The first-order valence-corrected chi connectivity index (χ1v) is 8.27. The van der Waals surface area contributed by atoms with Gasteiger partial charge in [0.1, 0.15) is 11.3 Å². The first-order chi connectivity index (χ1) is 10.6. The summed E-state index contributed by atoms with van der Waals surface area (Å²) < 4.78 is 0.653. The number of likely N-dealkylation sites (N-methyl/N-ethyl adjacent to an activating group) is 1. The van der Waals surface area contributed by atoms with Gasteiger partial charge in [0.15, 0.2) is 0 Å². The summed E-state index contributed by atoms with van der Waals surface area (Å²) in [6, 6.07) is 3.63. The summed E-state index contributed by atoms with van der Waals surface area (Å²) in [7, 11) is 0. The van der Waals surface area contributed by atoms with E-state index in [4.69, 9.17) is 5.73 Å². The third-order valence-corrected chi connectivity index (χ3v) is 4.75. The lowest BCUT2D eigenvalue weighted by Crippen LogP contribution is -2.46. The van der Waals surface area contributed by atoms with Gasteiger partial charge in [0.2, 0.25) is 0 Å². The highest BCUT2D eigenvalue weighted by Gasteiger charge is 2.26. The molecule has 3 rings (SSSR count). The minimum atomic E-state index is -0.537. The largest absolute Gasteiger partial charge is 0.368 e. The van der Waals surface area contributed by atoms with E-state index in [0.29, 0.717) is 16.2 Å². The lowest BCUT2D eigenvalue weighted by atomic mass is 10.0. The topological polar surface area (TPSA) is 87.0 Å². The van der Waals surface area contributed by atoms with Gasteiger partial charge in [0.25, 0.3) is 5.91 Å². The zero-order valence-corrected chi connectivity index (χ0v) is 14.0. The van der Waals surface area contributed by atoms with Crippen molar-refractivity contribution < 1.29 is 4.79 Å². The third kappa shape index (κ3) is 2.70. The molecule has 1 radical (unpaired) electrons. The summed E-state index contributed by atoms with van der Waals surface area (Å²) in [4.78, 5) is 21.3. The Balaban J connectivity index is 2.06. The number of fused-ring (bicyclic) bond motifs is 1. The Hall–Kier alpha value is -1.60. The van der Waals surface area contributed by atoms with Gasteiger partial charge in [-0.05, 0) is 35.3 Å². The number of halogens is 1. The number of nitrogens with one attached hydrogen (secondary N) is 2. The molecule has 1 amide bonds. The van der Waals surface area contributed by atoms with E-state index in [2.05, 4.69) is 49.1 Å².